The Kier molecular flexibility index (Phi) is 7.74. The van der Waals surface area contributed by atoms with E-state index in [1.54, 1.807) is 0 Å². The summed E-state index contributed by atoms with van der Waals surface area (Å²) in [5.41, 5.74) is 0. The molecule has 5 atom stereocenters. The standard InChI is InChI=1S/C23H41NO6Si/c1-12-13-16(30-31(10,11)21(3,4)5)18(24-15(2)25)20-19(28-23(8,9)29-20)17-14-26-22(6,7)27-17/h1,16-20H,13-14H2,2-11H3,(H,24,25)/t16-,17+,18+,19+,20+/m0/s1. The first-order valence-corrected chi connectivity index (χ1v) is 13.9. The molecule has 2 saturated heterocycles. The zero-order valence-corrected chi connectivity index (χ0v) is 21.8. The number of ether oxygens (including phenoxy) is 4. The molecule has 1 N–H and O–H groups in total. The molecule has 7 nitrogen and oxygen atoms in total. The van der Waals surface area contributed by atoms with Gasteiger partial charge in [0.25, 0.3) is 0 Å². The maximum absolute atomic E-state index is 12.2. The third-order valence-corrected chi connectivity index (χ3v) is 10.8. The minimum Gasteiger partial charge on any atom is -0.411 e. The Morgan fingerprint density at radius 2 is 1.81 bits per heavy atom. The Hall–Kier alpha value is -0.953. The van der Waals surface area contributed by atoms with Crippen LogP contribution in [0.3, 0.4) is 0 Å². The fourth-order valence-corrected chi connectivity index (χ4v) is 5.13. The lowest BCUT2D eigenvalue weighted by molar-refractivity contribution is -0.175. The summed E-state index contributed by atoms with van der Waals surface area (Å²) in [5, 5.41) is 3.04. The van der Waals surface area contributed by atoms with Gasteiger partial charge < -0.3 is 28.7 Å². The lowest BCUT2D eigenvalue weighted by Gasteiger charge is -2.42. The first-order chi connectivity index (χ1) is 14.0. The number of hydrogen-bond donors (Lipinski definition) is 1. The van der Waals surface area contributed by atoms with E-state index < -0.39 is 44.2 Å². The zero-order valence-electron chi connectivity index (χ0n) is 20.8. The zero-order chi connectivity index (χ0) is 23.8. The molecule has 0 aromatic carbocycles. The lowest BCUT2D eigenvalue weighted by Crippen LogP contribution is -2.59. The summed E-state index contributed by atoms with van der Waals surface area (Å²) < 4.78 is 31.2. The number of carbonyl (C=O) groups excluding carboxylic acids is 1. The monoisotopic (exact) mass is 455 g/mol. The molecule has 2 aliphatic heterocycles. The second-order valence-corrected chi connectivity index (χ2v) is 15.7. The van der Waals surface area contributed by atoms with E-state index in [1.807, 2.05) is 27.7 Å². The molecule has 0 aromatic heterocycles. The van der Waals surface area contributed by atoms with E-state index in [1.165, 1.54) is 6.92 Å². The number of nitrogens with one attached hydrogen (secondary N) is 1. The Morgan fingerprint density at radius 1 is 1.19 bits per heavy atom. The van der Waals surface area contributed by atoms with Gasteiger partial charge in [0.05, 0.1) is 18.8 Å². The summed E-state index contributed by atoms with van der Waals surface area (Å²) >= 11 is 0. The van der Waals surface area contributed by atoms with Crippen molar-refractivity contribution in [3.63, 3.8) is 0 Å². The molecule has 2 fully saturated rings. The molecular weight excluding hydrogens is 414 g/mol. The fourth-order valence-electron chi connectivity index (χ4n) is 3.79. The molecule has 2 aliphatic rings. The van der Waals surface area contributed by atoms with Crippen LogP contribution in [0, 0.1) is 12.3 Å². The minimum atomic E-state index is -2.18. The summed E-state index contributed by atoms with van der Waals surface area (Å²) in [6.07, 6.45) is 4.36. The van der Waals surface area contributed by atoms with E-state index in [0.717, 1.165) is 0 Å². The van der Waals surface area contributed by atoms with E-state index in [-0.39, 0.29) is 17.0 Å². The number of amides is 1. The van der Waals surface area contributed by atoms with Gasteiger partial charge in [0, 0.05) is 13.3 Å². The Bertz CT molecular complexity index is 693. The fraction of sp³-hybridized carbons (Fsp3) is 0.870. The summed E-state index contributed by atoms with van der Waals surface area (Å²) in [4.78, 5) is 12.2. The third-order valence-electron chi connectivity index (χ3n) is 6.26. The summed E-state index contributed by atoms with van der Waals surface area (Å²) in [6.45, 7) is 20.2. The van der Waals surface area contributed by atoms with Crippen molar-refractivity contribution in [2.75, 3.05) is 6.61 Å². The average molecular weight is 456 g/mol. The summed E-state index contributed by atoms with van der Waals surface area (Å²) in [7, 11) is -2.18. The number of terminal acetylenes is 1. The summed E-state index contributed by atoms with van der Waals surface area (Å²) in [6, 6.07) is -0.498. The Labute approximate surface area is 189 Å². The Balaban J connectivity index is 2.40. The molecule has 0 unspecified atom stereocenters. The maximum atomic E-state index is 12.2. The van der Waals surface area contributed by atoms with E-state index >= 15 is 0 Å². The predicted molar refractivity (Wildman–Crippen MR) is 122 cm³/mol. The van der Waals surface area contributed by atoms with Crippen molar-refractivity contribution in [3.8, 4) is 12.3 Å². The van der Waals surface area contributed by atoms with Crippen molar-refractivity contribution < 1.29 is 28.2 Å². The molecule has 0 radical (unpaired) electrons. The molecule has 0 aliphatic carbocycles. The van der Waals surface area contributed by atoms with E-state index in [0.29, 0.717) is 13.0 Å². The van der Waals surface area contributed by atoms with Gasteiger partial charge in [0.1, 0.15) is 18.3 Å². The average Bonchev–Trinajstić information content (AvgIpc) is 3.09. The molecule has 0 aromatic rings. The van der Waals surface area contributed by atoms with Gasteiger partial charge in [-0.05, 0) is 45.8 Å². The van der Waals surface area contributed by atoms with Crippen LogP contribution >= 0.6 is 0 Å². The predicted octanol–water partition coefficient (Wildman–Crippen LogP) is 3.58. The molecule has 0 bridgehead atoms. The van der Waals surface area contributed by atoms with Gasteiger partial charge in [-0.25, -0.2) is 0 Å². The minimum absolute atomic E-state index is 0.0151. The SMILES string of the molecule is C#CC[C@H](O[Si](C)(C)C(C)(C)C)[C@@H](NC(C)=O)[C@H]1OC(C)(C)O[C@@H]1[C@H]1COC(C)(C)O1. The molecule has 2 rings (SSSR count). The highest BCUT2D eigenvalue weighted by molar-refractivity contribution is 6.74. The van der Waals surface area contributed by atoms with Gasteiger partial charge in [-0.15, -0.1) is 12.3 Å². The molecule has 2 heterocycles. The van der Waals surface area contributed by atoms with Crippen LogP contribution < -0.4 is 5.32 Å². The first kappa shape index (κ1) is 26.3. The highest BCUT2D eigenvalue weighted by Gasteiger charge is 2.54. The molecular formula is C23H41NO6Si. The van der Waals surface area contributed by atoms with E-state index in [9.17, 15) is 4.79 Å². The van der Waals surface area contributed by atoms with Gasteiger partial charge in [0.2, 0.25) is 5.91 Å². The molecule has 0 saturated carbocycles. The topological polar surface area (TPSA) is 75.3 Å². The Morgan fingerprint density at radius 3 is 2.26 bits per heavy atom. The van der Waals surface area contributed by atoms with Crippen LogP contribution in [0.2, 0.25) is 18.1 Å². The van der Waals surface area contributed by atoms with Gasteiger partial charge in [-0.2, -0.15) is 0 Å². The molecule has 0 spiro atoms. The third kappa shape index (κ3) is 6.53. The smallest absolute Gasteiger partial charge is 0.217 e. The second-order valence-electron chi connectivity index (χ2n) is 11.0. The second kappa shape index (κ2) is 9.12. The molecule has 178 valence electrons. The van der Waals surface area contributed by atoms with E-state index in [2.05, 4.69) is 45.1 Å². The van der Waals surface area contributed by atoms with Gasteiger partial charge in [0.15, 0.2) is 19.9 Å². The van der Waals surface area contributed by atoms with Crippen LogP contribution in [-0.4, -0.2) is 62.9 Å². The highest BCUT2D eigenvalue weighted by atomic mass is 28.4. The first-order valence-electron chi connectivity index (χ1n) is 11.0. The van der Waals surface area contributed by atoms with Crippen LogP contribution in [0.25, 0.3) is 0 Å². The molecule has 1 amide bonds. The van der Waals surface area contributed by atoms with Crippen molar-refractivity contribution in [1.82, 2.24) is 5.32 Å². The van der Waals surface area contributed by atoms with Gasteiger partial charge in [-0.3, -0.25) is 4.79 Å². The molecule has 31 heavy (non-hydrogen) atoms. The van der Waals surface area contributed by atoms with Gasteiger partial charge >= 0.3 is 0 Å². The maximum Gasteiger partial charge on any atom is 0.217 e. The van der Waals surface area contributed by atoms with Crippen LogP contribution in [0.15, 0.2) is 0 Å². The van der Waals surface area contributed by atoms with E-state index in [4.69, 9.17) is 29.8 Å². The summed E-state index contributed by atoms with van der Waals surface area (Å²) in [5.74, 6) is 1.00. The van der Waals surface area contributed by atoms with Crippen LogP contribution in [0.5, 0.6) is 0 Å². The van der Waals surface area contributed by atoms with Crippen LogP contribution in [0.4, 0.5) is 0 Å². The van der Waals surface area contributed by atoms with Crippen LogP contribution in [-0.2, 0) is 28.2 Å². The number of rotatable bonds is 7. The number of hydrogen-bond acceptors (Lipinski definition) is 6. The quantitative estimate of drug-likeness (QED) is 0.467. The lowest BCUT2D eigenvalue weighted by atomic mass is 9.95. The van der Waals surface area contributed by atoms with Crippen molar-refractivity contribution in [1.29, 1.82) is 0 Å². The largest absolute Gasteiger partial charge is 0.411 e. The highest BCUT2D eigenvalue weighted by Crippen LogP contribution is 2.41. The van der Waals surface area contributed by atoms with Crippen molar-refractivity contribution >= 4 is 14.2 Å². The van der Waals surface area contributed by atoms with Crippen molar-refractivity contribution in [2.24, 2.45) is 0 Å². The van der Waals surface area contributed by atoms with Crippen molar-refractivity contribution in [2.45, 2.75) is 122 Å². The molecule has 8 heteroatoms. The number of carbonyl (C=O) groups is 1. The van der Waals surface area contributed by atoms with Gasteiger partial charge in [-0.1, -0.05) is 20.8 Å². The normalized spacial score (nSPS) is 29.9. The van der Waals surface area contributed by atoms with Crippen LogP contribution in [0.1, 0.15) is 61.8 Å². The van der Waals surface area contributed by atoms with Crippen molar-refractivity contribution in [3.05, 3.63) is 0 Å².